The van der Waals surface area contributed by atoms with Gasteiger partial charge in [0.15, 0.2) is 0 Å². The third-order valence-corrected chi connectivity index (χ3v) is 3.87. The number of hydrogen-bond acceptors (Lipinski definition) is 2. The Balaban J connectivity index is 2.45. The van der Waals surface area contributed by atoms with Crippen molar-refractivity contribution in [2.75, 3.05) is 6.54 Å². The fourth-order valence-corrected chi connectivity index (χ4v) is 2.88. The van der Waals surface area contributed by atoms with E-state index in [0.717, 1.165) is 0 Å². The van der Waals surface area contributed by atoms with Crippen LogP contribution in [0.15, 0.2) is 24.3 Å². The number of halogens is 2. The van der Waals surface area contributed by atoms with Gasteiger partial charge in [-0.2, -0.15) is 0 Å². The fourth-order valence-electron chi connectivity index (χ4n) is 2.88. The van der Waals surface area contributed by atoms with Crippen molar-refractivity contribution in [1.29, 1.82) is 0 Å². The highest BCUT2D eigenvalue weighted by atomic mass is 19.3. The lowest BCUT2D eigenvalue weighted by Crippen LogP contribution is -2.45. The molecule has 0 aromatic heterocycles. The zero-order chi connectivity index (χ0) is 15.6. The Bertz CT molecular complexity index is 545. The number of carbonyl (C=O) groups excluding carboxylic acids is 1. The summed E-state index contributed by atoms with van der Waals surface area (Å²) in [7, 11) is 0. The number of carboxylic acids is 1. The molecule has 1 amide bonds. The van der Waals surface area contributed by atoms with E-state index in [1.165, 1.54) is 23.1 Å². The monoisotopic (exact) mass is 297 g/mol. The van der Waals surface area contributed by atoms with Gasteiger partial charge in [0.1, 0.15) is 0 Å². The average Bonchev–Trinajstić information content (AvgIpc) is 2.46. The second-order valence-electron chi connectivity index (χ2n) is 5.08. The van der Waals surface area contributed by atoms with Crippen molar-refractivity contribution in [1.82, 2.24) is 4.90 Å². The van der Waals surface area contributed by atoms with E-state index in [9.17, 15) is 23.5 Å². The predicted molar refractivity (Wildman–Crippen MR) is 71.9 cm³/mol. The first-order valence-corrected chi connectivity index (χ1v) is 6.86. The zero-order valence-electron chi connectivity index (χ0n) is 11.6. The topological polar surface area (TPSA) is 57.6 Å². The van der Waals surface area contributed by atoms with E-state index < -0.39 is 24.4 Å². The molecular formula is C15H17F2NO3. The Kier molecular flexibility index (Phi) is 4.55. The lowest BCUT2D eigenvalue weighted by molar-refractivity contribution is -0.151. The van der Waals surface area contributed by atoms with Crippen LogP contribution in [0.3, 0.4) is 0 Å². The summed E-state index contributed by atoms with van der Waals surface area (Å²) in [5.74, 6) is -1.91. The lowest BCUT2D eigenvalue weighted by Gasteiger charge is -2.39. The van der Waals surface area contributed by atoms with Crippen LogP contribution in [0.25, 0.3) is 0 Å². The molecule has 1 saturated heterocycles. The second kappa shape index (κ2) is 6.20. The first-order chi connectivity index (χ1) is 9.95. The molecule has 2 rings (SSSR count). The number of alkyl halides is 2. The molecule has 21 heavy (non-hydrogen) atoms. The number of carbonyl (C=O) groups is 2. The number of rotatable bonds is 4. The molecule has 0 saturated carbocycles. The van der Waals surface area contributed by atoms with Crippen molar-refractivity contribution in [2.24, 2.45) is 5.92 Å². The second-order valence-corrected chi connectivity index (χ2v) is 5.08. The van der Waals surface area contributed by atoms with Crippen LogP contribution in [0.5, 0.6) is 0 Å². The van der Waals surface area contributed by atoms with Crippen molar-refractivity contribution in [3.05, 3.63) is 35.4 Å². The molecule has 6 heteroatoms. The first-order valence-electron chi connectivity index (χ1n) is 6.86. The third kappa shape index (κ3) is 3.04. The molecular weight excluding hydrogens is 280 g/mol. The van der Waals surface area contributed by atoms with E-state index in [0.29, 0.717) is 12.1 Å². The molecule has 1 heterocycles. The molecule has 0 bridgehead atoms. The molecule has 0 radical (unpaired) electrons. The third-order valence-electron chi connectivity index (χ3n) is 3.87. The molecule has 1 aliphatic heterocycles. The summed E-state index contributed by atoms with van der Waals surface area (Å²) in [5, 5.41) is 9.36. The smallest absolute Gasteiger partial charge is 0.308 e. The van der Waals surface area contributed by atoms with E-state index >= 15 is 0 Å². The maximum atomic E-state index is 12.8. The van der Waals surface area contributed by atoms with Gasteiger partial charge >= 0.3 is 5.97 Å². The average molecular weight is 297 g/mol. The highest BCUT2D eigenvalue weighted by Gasteiger charge is 2.40. The fraction of sp³-hybridized carbons (Fsp3) is 0.467. The van der Waals surface area contributed by atoms with Gasteiger partial charge in [-0.15, -0.1) is 0 Å². The highest BCUT2D eigenvalue weighted by Crippen LogP contribution is 2.37. The van der Waals surface area contributed by atoms with E-state index in [4.69, 9.17) is 0 Å². The maximum absolute atomic E-state index is 12.8. The lowest BCUT2D eigenvalue weighted by atomic mass is 9.84. The minimum atomic E-state index is -2.62. The van der Waals surface area contributed by atoms with E-state index in [1.54, 1.807) is 13.0 Å². The molecule has 2 unspecified atom stereocenters. The van der Waals surface area contributed by atoms with E-state index in [-0.39, 0.29) is 24.3 Å². The quantitative estimate of drug-likeness (QED) is 0.929. The number of hydrogen-bond donors (Lipinski definition) is 1. The Labute approximate surface area is 121 Å². The van der Waals surface area contributed by atoms with Crippen molar-refractivity contribution in [3.63, 3.8) is 0 Å². The van der Waals surface area contributed by atoms with Gasteiger partial charge in [-0.3, -0.25) is 9.59 Å². The summed E-state index contributed by atoms with van der Waals surface area (Å²) >= 11 is 0. The molecule has 1 aromatic rings. The zero-order valence-corrected chi connectivity index (χ0v) is 11.6. The molecule has 4 nitrogen and oxygen atoms in total. The van der Waals surface area contributed by atoms with Crippen LogP contribution < -0.4 is 0 Å². The van der Waals surface area contributed by atoms with Crippen molar-refractivity contribution in [3.8, 4) is 0 Å². The summed E-state index contributed by atoms with van der Waals surface area (Å²) in [6, 6.07) is 4.99. The summed E-state index contributed by atoms with van der Waals surface area (Å²) in [6.07, 6.45) is -2.22. The van der Waals surface area contributed by atoms with Crippen LogP contribution in [0.4, 0.5) is 8.78 Å². The highest BCUT2D eigenvalue weighted by molar-refractivity contribution is 5.81. The Hall–Kier alpha value is -1.98. The summed E-state index contributed by atoms with van der Waals surface area (Å²) < 4.78 is 25.7. The Morgan fingerprint density at radius 3 is 2.76 bits per heavy atom. The van der Waals surface area contributed by atoms with Crippen molar-refractivity contribution >= 4 is 11.9 Å². The Morgan fingerprint density at radius 2 is 2.19 bits per heavy atom. The van der Waals surface area contributed by atoms with Gasteiger partial charge in [0.2, 0.25) is 5.91 Å². The SMILES string of the molecule is CCN1C(=O)CCC(C(=O)O)C1c1cccc(C(F)F)c1. The summed E-state index contributed by atoms with van der Waals surface area (Å²) in [6.45, 7) is 2.11. The number of piperidine rings is 1. The number of likely N-dealkylation sites (tertiary alicyclic amines) is 1. The number of aliphatic carboxylic acids is 1. The van der Waals surface area contributed by atoms with Crippen molar-refractivity contribution in [2.45, 2.75) is 32.2 Å². The first kappa shape index (κ1) is 15.4. The number of carboxylic acid groups (broad SMARTS) is 1. The van der Waals surface area contributed by atoms with Gasteiger partial charge in [-0.1, -0.05) is 18.2 Å². The van der Waals surface area contributed by atoms with E-state index in [2.05, 4.69) is 0 Å². The molecule has 2 atom stereocenters. The van der Waals surface area contributed by atoms with Gasteiger partial charge in [0, 0.05) is 18.5 Å². The van der Waals surface area contributed by atoms with Gasteiger partial charge < -0.3 is 10.0 Å². The molecule has 1 aliphatic rings. The minimum absolute atomic E-state index is 0.137. The van der Waals surface area contributed by atoms with Crippen LogP contribution in [-0.4, -0.2) is 28.4 Å². The molecule has 0 aliphatic carbocycles. The van der Waals surface area contributed by atoms with Gasteiger partial charge in [0.25, 0.3) is 6.43 Å². The van der Waals surface area contributed by atoms with Crippen LogP contribution in [0, 0.1) is 5.92 Å². The largest absolute Gasteiger partial charge is 0.481 e. The van der Waals surface area contributed by atoms with Crippen LogP contribution in [0.1, 0.15) is 43.4 Å². The minimum Gasteiger partial charge on any atom is -0.481 e. The molecule has 0 spiro atoms. The predicted octanol–water partition coefficient (Wildman–Crippen LogP) is 3.01. The maximum Gasteiger partial charge on any atom is 0.308 e. The van der Waals surface area contributed by atoms with Crippen LogP contribution in [0.2, 0.25) is 0 Å². The number of benzene rings is 1. The van der Waals surface area contributed by atoms with E-state index in [1.807, 2.05) is 0 Å². The van der Waals surface area contributed by atoms with Crippen LogP contribution in [-0.2, 0) is 9.59 Å². The molecule has 114 valence electrons. The standard InChI is InChI=1S/C15H17F2NO3/c1-2-18-12(19)7-6-11(15(20)21)13(18)9-4-3-5-10(8-9)14(16)17/h3-5,8,11,13-14H,2,6-7H2,1H3,(H,20,21). The van der Waals surface area contributed by atoms with Crippen molar-refractivity contribution < 1.29 is 23.5 Å². The molecule has 1 fully saturated rings. The molecule has 1 N–H and O–H groups in total. The number of nitrogens with zero attached hydrogens (tertiary/aromatic N) is 1. The van der Waals surface area contributed by atoms with Gasteiger partial charge in [-0.05, 0) is 25.0 Å². The van der Waals surface area contributed by atoms with Gasteiger partial charge in [-0.25, -0.2) is 8.78 Å². The number of amides is 1. The normalized spacial score (nSPS) is 22.7. The summed E-state index contributed by atoms with van der Waals surface area (Å²) in [5.41, 5.74) is 0.292. The van der Waals surface area contributed by atoms with Crippen LogP contribution >= 0.6 is 0 Å². The van der Waals surface area contributed by atoms with Gasteiger partial charge in [0.05, 0.1) is 12.0 Å². The summed E-state index contributed by atoms with van der Waals surface area (Å²) in [4.78, 5) is 24.9. The Morgan fingerprint density at radius 1 is 1.48 bits per heavy atom. The molecule has 1 aromatic carbocycles.